The lowest BCUT2D eigenvalue weighted by atomic mass is 9.76. The number of aryl methyl sites for hydroxylation is 1. The van der Waals surface area contributed by atoms with E-state index in [1.54, 1.807) is 32.0 Å². The van der Waals surface area contributed by atoms with Gasteiger partial charge in [0, 0.05) is 48.7 Å². The third kappa shape index (κ3) is 10.3. The van der Waals surface area contributed by atoms with Crippen LogP contribution in [0.1, 0.15) is 73.8 Å². The number of nitrogens with one attached hydrogen (secondary N) is 3. The molecule has 13 heteroatoms. The van der Waals surface area contributed by atoms with Crippen LogP contribution in [0, 0.1) is 11.3 Å². The maximum absolute atomic E-state index is 14.2. The van der Waals surface area contributed by atoms with Gasteiger partial charge >= 0.3 is 5.97 Å². The fraction of sp³-hybridized carbons (Fsp3) is 0.583. The van der Waals surface area contributed by atoms with Gasteiger partial charge in [-0.15, -0.1) is 0 Å². The highest BCUT2D eigenvalue weighted by molar-refractivity contribution is 5.96. The monoisotopic (exact) mass is 682 g/mol. The van der Waals surface area contributed by atoms with Gasteiger partial charge in [0.15, 0.2) is 5.96 Å². The molecule has 272 valence electrons. The molecule has 1 aromatic carbocycles. The molecule has 0 bridgehead atoms. The van der Waals surface area contributed by atoms with Gasteiger partial charge in [-0.1, -0.05) is 72.7 Å². The van der Waals surface area contributed by atoms with Gasteiger partial charge in [-0.3, -0.25) is 19.4 Å². The Bertz CT molecular complexity index is 1550. The van der Waals surface area contributed by atoms with Crippen molar-refractivity contribution in [1.29, 1.82) is 0 Å². The second kappa shape index (κ2) is 16.8. The number of likely N-dealkylation sites (N-methyl/N-ethyl adjacent to an activating group) is 2. The summed E-state index contributed by atoms with van der Waals surface area (Å²) >= 11 is 0. The van der Waals surface area contributed by atoms with Crippen molar-refractivity contribution in [3.63, 3.8) is 0 Å². The molecule has 0 spiro atoms. The van der Waals surface area contributed by atoms with E-state index >= 15 is 0 Å². The maximum Gasteiger partial charge on any atom is 0.326 e. The van der Waals surface area contributed by atoms with Crippen molar-refractivity contribution in [2.75, 3.05) is 20.6 Å². The minimum absolute atomic E-state index is 0.0899. The Labute approximate surface area is 290 Å². The molecule has 4 atom stereocenters. The zero-order chi connectivity index (χ0) is 37.4. The van der Waals surface area contributed by atoms with Gasteiger partial charge in [0.2, 0.25) is 17.7 Å². The second-order valence-corrected chi connectivity index (χ2v) is 14.8. The van der Waals surface area contributed by atoms with Crippen LogP contribution in [0.5, 0.6) is 0 Å². The average molecular weight is 683 g/mol. The third-order valence-corrected chi connectivity index (χ3v) is 9.07. The van der Waals surface area contributed by atoms with Gasteiger partial charge in [-0.25, -0.2) is 4.79 Å². The molecule has 0 saturated heterocycles. The van der Waals surface area contributed by atoms with Gasteiger partial charge in [0.05, 0.1) is 12.1 Å². The van der Waals surface area contributed by atoms with E-state index in [0.29, 0.717) is 6.42 Å². The van der Waals surface area contributed by atoms with E-state index in [0.717, 1.165) is 16.5 Å². The predicted molar refractivity (Wildman–Crippen MR) is 195 cm³/mol. The molecule has 0 fully saturated rings. The molecule has 0 aliphatic carbocycles. The van der Waals surface area contributed by atoms with E-state index in [4.69, 9.17) is 11.5 Å². The molecule has 1 aromatic heterocycles. The normalized spacial score (nSPS) is 14.9. The SMILES string of the molecule is CNC(C(=O)N[C@H](C(=O)N(C)[C@H](C=C(C)C(=O)NC(CCCN=C(N)N)C(=O)O)C(C)C)C(C)(C)C)C(C)(C)c1cn(C)c2ccccc12. The molecule has 1 heterocycles. The highest BCUT2D eigenvalue weighted by atomic mass is 16.4. The van der Waals surface area contributed by atoms with E-state index in [9.17, 15) is 24.3 Å². The van der Waals surface area contributed by atoms with Gasteiger partial charge in [-0.05, 0) is 49.8 Å². The van der Waals surface area contributed by atoms with E-state index < -0.39 is 46.9 Å². The van der Waals surface area contributed by atoms with Crippen LogP contribution in [0.4, 0.5) is 0 Å². The van der Waals surface area contributed by atoms with Crippen LogP contribution >= 0.6 is 0 Å². The summed E-state index contributed by atoms with van der Waals surface area (Å²) in [6, 6.07) is 4.82. The summed E-state index contributed by atoms with van der Waals surface area (Å²) < 4.78 is 2.05. The fourth-order valence-electron chi connectivity index (χ4n) is 6.17. The Hall–Kier alpha value is -4.39. The van der Waals surface area contributed by atoms with Crippen molar-refractivity contribution < 1.29 is 24.3 Å². The molecule has 13 nitrogen and oxygen atoms in total. The van der Waals surface area contributed by atoms with Crippen LogP contribution in [0.3, 0.4) is 0 Å². The number of aromatic nitrogens is 1. The smallest absolute Gasteiger partial charge is 0.326 e. The summed E-state index contributed by atoms with van der Waals surface area (Å²) in [7, 11) is 5.37. The summed E-state index contributed by atoms with van der Waals surface area (Å²) in [5.74, 6) is -2.57. The molecule has 0 aliphatic heterocycles. The van der Waals surface area contributed by atoms with Gasteiger partial charge in [0.1, 0.15) is 12.1 Å². The maximum atomic E-state index is 14.2. The number of carbonyl (C=O) groups is 4. The first-order valence-corrected chi connectivity index (χ1v) is 16.7. The number of guanidine groups is 1. The summed E-state index contributed by atoms with van der Waals surface area (Å²) in [5, 5.41) is 19.5. The first kappa shape index (κ1) is 40.8. The average Bonchev–Trinajstić information content (AvgIpc) is 3.35. The minimum Gasteiger partial charge on any atom is -0.480 e. The Kier molecular flexibility index (Phi) is 14.0. The van der Waals surface area contributed by atoms with Crippen LogP contribution < -0.4 is 27.4 Å². The first-order chi connectivity index (χ1) is 22.6. The van der Waals surface area contributed by atoms with Crippen molar-refractivity contribution in [3.8, 4) is 0 Å². The summed E-state index contributed by atoms with van der Waals surface area (Å²) in [6.45, 7) is 15.4. The number of nitrogens with two attached hydrogens (primary N) is 2. The molecular weight excluding hydrogens is 624 g/mol. The summed E-state index contributed by atoms with van der Waals surface area (Å²) in [6.07, 6.45) is 4.20. The Morgan fingerprint density at radius 1 is 1.04 bits per heavy atom. The van der Waals surface area contributed by atoms with Crippen LogP contribution in [0.15, 0.2) is 47.1 Å². The standard InChI is InChI=1S/C36H58N8O5/c1-21(2)27(19-22(3)30(45)41-25(33(48)49)16-14-18-40-34(37)38)44(11)32(47)29(35(4,5)6)42-31(46)28(39-9)36(7,8)24-20-43(10)26-17-13-12-15-23(24)26/h12-13,15,17,19-21,25,27-29,39H,14,16,18H2,1-11H3,(H,41,45)(H,42,46)(H,48,49)(H4,37,38,40)/t25?,27-,28?,29-/m1/s1. The van der Waals surface area contributed by atoms with Crippen molar-refractivity contribution in [3.05, 3.63) is 47.7 Å². The highest BCUT2D eigenvalue weighted by Gasteiger charge is 2.42. The number of fused-ring (bicyclic) bond motifs is 1. The molecule has 2 rings (SSSR count). The minimum atomic E-state index is -1.18. The number of rotatable bonds is 16. The zero-order valence-corrected chi connectivity index (χ0v) is 31.0. The number of nitrogens with zero attached hydrogens (tertiary/aromatic N) is 3. The summed E-state index contributed by atoms with van der Waals surface area (Å²) in [5.41, 5.74) is 11.7. The second-order valence-electron chi connectivity index (χ2n) is 14.8. The number of carbonyl (C=O) groups excluding carboxylic acids is 3. The van der Waals surface area contributed by atoms with Crippen molar-refractivity contribution in [2.24, 2.45) is 34.8 Å². The lowest BCUT2D eigenvalue weighted by Crippen LogP contribution is -2.61. The Morgan fingerprint density at radius 3 is 2.18 bits per heavy atom. The predicted octanol–water partition coefficient (Wildman–Crippen LogP) is 2.63. The van der Waals surface area contributed by atoms with Crippen molar-refractivity contribution in [2.45, 2.75) is 97.8 Å². The molecule has 2 aromatic rings. The number of para-hydroxylation sites is 1. The van der Waals surface area contributed by atoms with Crippen molar-refractivity contribution in [1.82, 2.24) is 25.4 Å². The molecule has 0 saturated carbocycles. The van der Waals surface area contributed by atoms with E-state index in [2.05, 4.69) is 20.9 Å². The number of benzene rings is 1. The number of aliphatic imine (C=N–C) groups is 1. The number of hydrogen-bond acceptors (Lipinski definition) is 6. The Balaban J connectivity index is 2.33. The van der Waals surface area contributed by atoms with Crippen LogP contribution in [0.25, 0.3) is 10.9 Å². The highest BCUT2D eigenvalue weighted by Crippen LogP contribution is 2.35. The molecular formula is C36H58N8O5. The van der Waals surface area contributed by atoms with E-state index in [-0.39, 0.29) is 42.2 Å². The number of aliphatic carboxylic acids is 1. The van der Waals surface area contributed by atoms with Crippen LogP contribution in [0.2, 0.25) is 0 Å². The lowest BCUT2D eigenvalue weighted by molar-refractivity contribution is -0.141. The molecule has 49 heavy (non-hydrogen) atoms. The van der Waals surface area contributed by atoms with Gasteiger partial charge in [0.25, 0.3) is 0 Å². The van der Waals surface area contributed by atoms with Crippen LogP contribution in [-0.2, 0) is 31.6 Å². The van der Waals surface area contributed by atoms with Gasteiger partial charge in [-0.2, -0.15) is 0 Å². The molecule has 0 radical (unpaired) electrons. The number of carboxylic acid groups (broad SMARTS) is 1. The van der Waals surface area contributed by atoms with Gasteiger partial charge < -0.3 is 42.0 Å². The quantitative estimate of drug-likeness (QED) is 0.0672. The van der Waals surface area contributed by atoms with E-state index in [1.165, 1.54) is 0 Å². The molecule has 3 amide bonds. The topological polar surface area (TPSA) is 197 Å². The number of amides is 3. The first-order valence-electron chi connectivity index (χ1n) is 16.7. The van der Waals surface area contributed by atoms with Crippen LogP contribution in [-0.4, -0.2) is 89.0 Å². The molecule has 0 aliphatic rings. The Morgan fingerprint density at radius 2 is 1.65 bits per heavy atom. The third-order valence-electron chi connectivity index (χ3n) is 9.07. The molecule has 8 N–H and O–H groups in total. The largest absolute Gasteiger partial charge is 0.480 e. The fourth-order valence-corrected chi connectivity index (χ4v) is 6.17. The summed E-state index contributed by atoms with van der Waals surface area (Å²) in [4.78, 5) is 58.7. The van der Waals surface area contributed by atoms with E-state index in [1.807, 2.05) is 90.5 Å². The number of carboxylic acids is 1. The zero-order valence-electron chi connectivity index (χ0n) is 31.0. The lowest BCUT2D eigenvalue weighted by Gasteiger charge is -2.39. The molecule has 2 unspecified atom stereocenters. The number of hydrogen-bond donors (Lipinski definition) is 6. The van der Waals surface area contributed by atoms with Crippen molar-refractivity contribution >= 4 is 40.6 Å².